The molecule has 3 aromatic rings. The molecule has 1 unspecified atom stereocenters. The van der Waals surface area contributed by atoms with E-state index in [0.29, 0.717) is 34.9 Å². The fraction of sp³-hybridized carbons (Fsp3) is 0.500. The summed E-state index contributed by atoms with van der Waals surface area (Å²) in [4.78, 5) is 19.4. The van der Waals surface area contributed by atoms with E-state index in [1.165, 1.54) is 0 Å². The van der Waals surface area contributed by atoms with Crippen molar-refractivity contribution >= 4 is 11.9 Å². The summed E-state index contributed by atoms with van der Waals surface area (Å²) in [5, 5.41) is 22.6. The predicted molar refractivity (Wildman–Crippen MR) is 133 cm³/mol. The van der Waals surface area contributed by atoms with E-state index in [9.17, 15) is 9.90 Å². The second-order valence-electron chi connectivity index (χ2n) is 10.2. The zero-order valence-corrected chi connectivity index (χ0v) is 20.7. The number of hydrogen-bond acceptors (Lipinski definition) is 7. The molecule has 3 fully saturated rings. The molecule has 11 heteroatoms. The molecule has 0 saturated carbocycles. The number of hydrogen-bond donors (Lipinski definition) is 1. The molecule has 0 radical (unpaired) electrons. The average molecular weight is 508 g/mol. The van der Waals surface area contributed by atoms with E-state index in [1.807, 2.05) is 13.1 Å². The smallest absolute Gasteiger partial charge is 0.407 e. The zero-order chi connectivity index (χ0) is 25.5. The van der Waals surface area contributed by atoms with Crippen LogP contribution in [-0.4, -0.2) is 72.8 Å². The van der Waals surface area contributed by atoms with Crippen molar-refractivity contribution in [3.8, 4) is 22.5 Å². The van der Waals surface area contributed by atoms with Gasteiger partial charge in [0.05, 0.1) is 11.9 Å². The van der Waals surface area contributed by atoms with Crippen LogP contribution in [0.4, 0.5) is 15.0 Å². The van der Waals surface area contributed by atoms with Crippen molar-refractivity contribution in [2.24, 2.45) is 0 Å². The van der Waals surface area contributed by atoms with E-state index < -0.39 is 12.0 Å². The van der Waals surface area contributed by atoms with Crippen molar-refractivity contribution in [1.29, 1.82) is 0 Å². The number of rotatable bonds is 5. The van der Waals surface area contributed by atoms with Gasteiger partial charge in [0.25, 0.3) is 0 Å². The maximum Gasteiger partial charge on any atom is 0.407 e. The van der Waals surface area contributed by atoms with Crippen LogP contribution in [0.1, 0.15) is 51.2 Å². The number of nitrogens with zero attached hydrogens (tertiary/aromatic N) is 7. The van der Waals surface area contributed by atoms with E-state index >= 15 is 4.39 Å². The van der Waals surface area contributed by atoms with Crippen LogP contribution in [0.25, 0.3) is 22.5 Å². The van der Waals surface area contributed by atoms with Gasteiger partial charge in [0, 0.05) is 49.1 Å². The van der Waals surface area contributed by atoms with Gasteiger partial charge in [-0.2, -0.15) is 9.49 Å². The van der Waals surface area contributed by atoms with Crippen LogP contribution < -0.4 is 4.90 Å². The summed E-state index contributed by atoms with van der Waals surface area (Å²) in [7, 11) is 1.97. The minimum Gasteiger partial charge on any atom is -0.465 e. The Morgan fingerprint density at radius 3 is 2.51 bits per heavy atom. The number of pyridine rings is 1. The Morgan fingerprint density at radius 2 is 1.86 bits per heavy atom. The number of piperidine rings is 1. The Morgan fingerprint density at radius 1 is 1.08 bits per heavy atom. The molecular formula is C26H30FN7O3. The highest BCUT2D eigenvalue weighted by Gasteiger charge is 2.44. The third-order valence-electron chi connectivity index (χ3n) is 7.96. The molecule has 0 aromatic carbocycles. The van der Waals surface area contributed by atoms with Crippen molar-refractivity contribution in [1.82, 2.24) is 29.9 Å². The number of halogens is 1. The molecule has 3 aromatic heterocycles. The Balaban J connectivity index is 1.15. The van der Waals surface area contributed by atoms with Gasteiger partial charge in [-0.05, 0) is 69.2 Å². The largest absolute Gasteiger partial charge is 0.465 e. The molecule has 4 atom stereocenters. The first-order valence-electron chi connectivity index (χ1n) is 12.9. The van der Waals surface area contributed by atoms with E-state index in [1.54, 1.807) is 40.2 Å². The fourth-order valence-electron chi connectivity index (χ4n) is 5.97. The molecule has 3 saturated heterocycles. The highest BCUT2D eigenvalue weighted by molar-refractivity contribution is 5.67. The Hall–Kier alpha value is -3.60. The minimum absolute atomic E-state index is 0.0592. The topological polar surface area (TPSA) is 110 Å². The van der Waals surface area contributed by atoms with E-state index in [2.05, 4.69) is 25.2 Å². The first kappa shape index (κ1) is 23.8. The van der Waals surface area contributed by atoms with Crippen LogP contribution in [0, 0.1) is 5.95 Å². The van der Waals surface area contributed by atoms with Gasteiger partial charge in [0.15, 0.2) is 5.82 Å². The van der Waals surface area contributed by atoms with Crippen molar-refractivity contribution < 1.29 is 19.0 Å². The monoisotopic (exact) mass is 507 g/mol. The van der Waals surface area contributed by atoms with Crippen molar-refractivity contribution in [2.45, 2.75) is 69.3 Å². The lowest BCUT2D eigenvalue weighted by Crippen LogP contribution is -2.51. The Bertz CT molecular complexity index is 1260. The van der Waals surface area contributed by atoms with Crippen molar-refractivity contribution in [3.63, 3.8) is 0 Å². The standard InChI is InChI=1S/C26H30FN7O3/c1-32(19-12-17-5-6-18(13-19)34(17)26(35)36)23-10-9-22(30-31-23)21-8-7-20(25(27)29-21)16-14-28-33(15-16)24-4-2-3-11-37-24/h7-10,14-15,17-19,24H,2-6,11-13H2,1H3,(H,35,36)/t17-,18+,19+,24?. The SMILES string of the molecule is CN(c1ccc(-c2ccc(-c3cnn(C4CCCCO4)c3)c(F)n2)nn1)[C@H]1C[C@H]2CC[C@@H](C1)N2C(=O)O. The van der Waals surface area contributed by atoms with Gasteiger partial charge >= 0.3 is 6.09 Å². The third-order valence-corrected chi connectivity index (χ3v) is 7.96. The Labute approximate surface area is 214 Å². The van der Waals surface area contributed by atoms with Crippen LogP contribution in [0.15, 0.2) is 36.7 Å². The molecule has 1 amide bonds. The van der Waals surface area contributed by atoms with Gasteiger partial charge < -0.3 is 19.6 Å². The highest BCUT2D eigenvalue weighted by Crippen LogP contribution is 2.38. The first-order valence-corrected chi connectivity index (χ1v) is 12.9. The molecule has 2 bridgehead atoms. The van der Waals surface area contributed by atoms with Crippen molar-refractivity contribution in [3.05, 3.63) is 42.6 Å². The van der Waals surface area contributed by atoms with Crippen LogP contribution in [0.2, 0.25) is 0 Å². The van der Waals surface area contributed by atoms with E-state index in [-0.39, 0.29) is 24.4 Å². The number of fused-ring (bicyclic) bond motifs is 2. The first-order chi connectivity index (χ1) is 18.0. The molecule has 194 valence electrons. The molecule has 6 rings (SSSR count). The lowest BCUT2D eigenvalue weighted by molar-refractivity contribution is -0.0394. The van der Waals surface area contributed by atoms with Gasteiger partial charge in [0.1, 0.15) is 11.9 Å². The molecule has 6 heterocycles. The van der Waals surface area contributed by atoms with E-state index in [4.69, 9.17) is 4.74 Å². The van der Waals surface area contributed by atoms with Crippen molar-refractivity contribution in [2.75, 3.05) is 18.6 Å². The normalized spacial score (nSPS) is 25.3. The molecule has 3 aliphatic heterocycles. The molecule has 37 heavy (non-hydrogen) atoms. The van der Waals surface area contributed by atoms with Crippen LogP contribution in [-0.2, 0) is 4.74 Å². The molecule has 1 N–H and O–H groups in total. The van der Waals surface area contributed by atoms with Crippen LogP contribution in [0.3, 0.4) is 0 Å². The summed E-state index contributed by atoms with van der Waals surface area (Å²) in [6, 6.07) is 7.39. The maximum absolute atomic E-state index is 15.0. The fourth-order valence-corrected chi connectivity index (χ4v) is 5.97. The van der Waals surface area contributed by atoms with Gasteiger partial charge in [-0.15, -0.1) is 10.2 Å². The average Bonchev–Trinajstić information content (AvgIpc) is 3.51. The molecule has 0 aliphatic carbocycles. The molecule has 0 spiro atoms. The summed E-state index contributed by atoms with van der Waals surface area (Å²) < 4.78 is 22.5. The number of carbonyl (C=O) groups is 1. The van der Waals surface area contributed by atoms with Gasteiger partial charge in [-0.3, -0.25) is 0 Å². The summed E-state index contributed by atoms with van der Waals surface area (Å²) in [5.41, 5.74) is 1.91. The number of ether oxygens (including phenoxy) is 1. The van der Waals surface area contributed by atoms with Gasteiger partial charge in [-0.1, -0.05) is 0 Å². The minimum atomic E-state index is -0.824. The lowest BCUT2D eigenvalue weighted by Gasteiger charge is -2.41. The number of carboxylic acid groups (broad SMARTS) is 1. The number of aromatic nitrogens is 5. The maximum atomic E-state index is 15.0. The van der Waals surface area contributed by atoms with Gasteiger partial charge in [0.2, 0.25) is 5.95 Å². The number of amides is 1. The highest BCUT2D eigenvalue weighted by atomic mass is 19.1. The predicted octanol–water partition coefficient (Wildman–Crippen LogP) is 4.35. The summed E-state index contributed by atoms with van der Waals surface area (Å²) in [6.07, 6.45) is 8.92. The van der Waals surface area contributed by atoms with Crippen LogP contribution in [0.5, 0.6) is 0 Å². The van der Waals surface area contributed by atoms with Gasteiger partial charge in [-0.25, -0.2) is 14.5 Å². The lowest BCUT2D eigenvalue weighted by atomic mass is 9.96. The second-order valence-corrected chi connectivity index (χ2v) is 10.2. The third kappa shape index (κ3) is 4.52. The quantitative estimate of drug-likeness (QED) is 0.508. The molecule has 3 aliphatic rings. The number of anilines is 1. The zero-order valence-electron chi connectivity index (χ0n) is 20.7. The Kier molecular flexibility index (Phi) is 6.23. The molecule has 10 nitrogen and oxygen atoms in total. The summed E-state index contributed by atoms with van der Waals surface area (Å²) >= 11 is 0. The summed E-state index contributed by atoms with van der Waals surface area (Å²) in [6.45, 7) is 0.713. The van der Waals surface area contributed by atoms with Crippen LogP contribution >= 0.6 is 0 Å². The second kappa shape index (κ2) is 9.70. The summed E-state index contributed by atoms with van der Waals surface area (Å²) in [5.74, 6) is 0.108. The molecular weight excluding hydrogens is 477 g/mol. The van der Waals surface area contributed by atoms with E-state index in [0.717, 1.165) is 44.9 Å².